The average molecular weight is 465 g/mol. The highest BCUT2D eigenvalue weighted by Crippen LogP contribution is 2.57. The van der Waals surface area contributed by atoms with Crippen LogP contribution in [0.25, 0.3) is 0 Å². The van der Waals surface area contributed by atoms with E-state index in [1.165, 1.54) is 4.31 Å². The third-order valence-corrected chi connectivity index (χ3v) is 8.07. The monoisotopic (exact) mass is 464 g/mol. The zero-order valence-corrected chi connectivity index (χ0v) is 19.1. The number of piperazine rings is 1. The van der Waals surface area contributed by atoms with E-state index in [0.717, 1.165) is 5.56 Å². The maximum Gasteiger partial charge on any atom is 0.325 e. The summed E-state index contributed by atoms with van der Waals surface area (Å²) in [6, 6.07) is 10.8. The molecule has 4 rings (SSSR count). The molecule has 10 nitrogen and oxygen atoms in total. The fourth-order valence-corrected chi connectivity index (χ4v) is 6.40. The van der Waals surface area contributed by atoms with Crippen LogP contribution in [-0.4, -0.2) is 67.3 Å². The van der Waals surface area contributed by atoms with E-state index < -0.39 is 27.6 Å². The molecule has 2 aliphatic rings. The molecule has 1 aliphatic carbocycles. The zero-order valence-electron chi connectivity index (χ0n) is 18.3. The molecule has 1 aromatic carbocycles. The number of nitrogens with zero attached hydrogens (tertiary/aromatic N) is 3. The van der Waals surface area contributed by atoms with Gasteiger partial charge in [-0.1, -0.05) is 42.4 Å². The number of anilines is 1. The van der Waals surface area contributed by atoms with E-state index in [-0.39, 0.29) is 25.0 Å². The highest BCUT2D eigenvalue weighted by atomic mass is 32.2. The molecule has 1 aromatic heterocycles. The lowest BCUT2D eigenvalue weighted by Gasteiger charge is -2.39. The molecule has 0 unspecified atom stereocenters. The van der Waals surface area contributed by atoms with Crippen LogP contribution in [0.5, 0.6) is 0 Å². The largest absolute Gasteiger partial charge is 0.480 e. The first-order valence-corrected chi connectivity index (χ1v) is 11.9. The van der Waals surface area contributed by atoms with Crippen molar-refractivity contribution < 1.29 is 27.6 Å². The lowest BCUT2D eigenvalue weighted by Crippen LogP contribution is -2.59. The number of rotatable bonds is 8. The fourth-order valence-electron chi connectivity index (χ4n) is 4.71. The first-order valence-electron chi connectivity index (χ1n) is 10.5. The van der Waals surface area contributed by atoms with Gasteiger partial charge in [0.1, 0.15) is 12.1 Å². The summed E-state index contributed by atoms with van der Waals surface area (Å²) in [6.07, 6.45) is 0. The van der Waals surface area contributed by atoms with E-state index >= 15 is 0 Å². The molecule has 2 heterocycles. The van der Waals surface area contributed by atoms with Crippen LogP contribution in [0.3, 0.4) is 0 Å². The first-order chi connectivity index (χ1) is 15.2. The van der Waals surface area contributed by atoms with Crippen LogP contribution in [0.15, 0.2) is 40.9 Å². The van der Waals surface area contributed by atoms with E-state index in [0.29, 0.717) is 24.7 Å². The number of nitrogens with one attached hydrogen (secondary N) is 1. The Morgan fingerprint density at radius 1 is 1.31 bits per heavy atom. The van der Waals surface area contributed by atoms with Gasteiger partial charge in [-0.15, -0.1) is 0 Å². The van der Waals surface area contributed by atoms with Gasteiger partial charge in [-0.2, -0.15) is 17.4 Å². The van der Waals surface area contributed by atoms with Crippen molar-refractivity contribution in [2.75, 3.05) is 31.6 Å². The lowest BCUT2D eigenvalue weighted by molar-refractivity contribution is -0.140. The molecular formula is C21H28N4O6S. The summed E-state index contributed by atoms with van der Waals surface area (Å²) in [6.45, 7) is 4.76. The minimum Gasteiger partial charge on any atom is -0.480 e. The Labute approximate surface area is 187 Å². The maximum absolute atomic E-state index is 13.2. The summed E-state index contributed by atoms with van der Waals surface area (Å²) in [4.78, 5) is 14.2. The number of carboxylic acids is 1. The van der Waals surface area contributed by atoms with Crippen molar-refractivity contribution in [2.45, 2.75) is 38.0 Å². The third kappa shape index (κ3) is 3.90. The zero-order chi connectivity index (χ0) is 23.1. The molecule has 32 heavy (non-hydrogen) atoms. The van der Waals surface area contributed by atoms with Gasteiger partial charge in [-0.25, -0.2) is 0 Å². The second-order valence-corrected chi connectivity index (χ2v) is 10.1. The predicted octanol–water partition coefficient (Wildman–Crippen LogP) is 1.42. The van der Waals surface area contributed by atoms with Crippen LogP contribution < -0.4 is 9.62 Å². The van der Waals surface area contributed by atoms with Gasteiger partial charge >= 0.3 is 5.97 Å². The van der Waals surface area contributed by atoms with Gasteiger partial charge < -0.3 is 19.3 Å². The molecule has 0 radical (unpaired) electrons. The second-order valence-electron chi connectivity index (χ2n) is 8.44. The topological polar surface area (TPSA) is 125 Å². The van der Waals surface area contributed by atoms with Crippen molar-refractivity contribution in [3.8, 4) is 0 Å². The number of aliphatic carboxylic acids is 1. The summed E-state index contributed by atoms with van der Waals surface area (Å²) in [5, 5.41) is 14.0. The van der Waals surface area contributed by atoms with Gasteiger partial charge in [-0.3, -0.25) is 4.79 Å². The Balaban J connectivity index is 1.48. The summed E-state index contributed by atoms with van der Waals surface area (Å²) < 4.78 is 40.6. The normalized spacial score (nSPS) is 28.6. The Kier molecular flexibility index (Phi) is 6.01. The van der Waals surface area contributed by atoms with Gasteiger partial charge in [0.05, 0.1) is 0 Å². The molecule has 0 bridgehead atoms. The van der Waals surface area contributed by atoms with Crippen LogP contribution in [0.2, 0.25) is 0 Å². The summed E-state index contributed by atoms with van der Waals surface area (Å²) in [7, 11) is -2.46. The minimum atomic E-state index is -4.03. The summed E-state index contributed by atoms with van der Waals surface area (Å²) >= 11 is 0. The fraction of sp³-hybridized carbons (Fsp3) is 0.524. The van der Waals surface area contributed by atoms with Gasteiger partial charge in [0.25, 0.3) is 10.2 Å². The second kappa shape index (κ2) is 8.47. The van der Waals surface area contributed by atoms with Gasteiger partial charge in [0.2, 0.25) is 0 Å². The minimum absolute atomic E-state index is 0.178. The smallest absolute Gasteiger partial charge is 0.325 e. The lowest BCUT2D eigenvalue weighted by atomic mass is 10.1. The molecule has 0 spiro atoms. The molecule has 0 amide bonds. The summed E-state index contributed by atoms with van der Waals surface area (Å²) in [5.74, 6) is -0.752. The number of benzene rings is 1. The van der Waals surface area contributed by atoms with Crippen molar-refractivity contribution in [3.63, 3.8) is 0 Å². The third-order valence-electron chi connectivity index (χ3n) is 6.47. The van der Waals surface area contributed by atoms with Crippen molar-refractivity contribution in [2.24, 2.45) is 5.92 Å². The van der Waals surface area contributed by atoms with Gasteiger partial charge in [-0.05, 0) is 18.4 Å². The summed E-state index contributed by atoms with van der Waals surface area (Å²) in [5.41, 5.74) is -0.747. The standard InChI is InChI=1S/C21H28N4O6S/c1-14-12-24(9-10-25(14)18-11-17(13-30-3)31-22-18)32(28,29)23-21(20(26)27)15(2)19(21)16-7-5-4-6-8-16/h4-8,11,14-15,19,23H,9-10,12-13H2,1-3H3,(H,26,27)/t14-,15-,19-,21+/m1/s1. The molecule has 1 saturated heterocycles. The molecule has 2 fully saturated rings. The molecule has 174 valence electrons. The molecule has 2 aromatic rings. The van der Waals surface area contributed by atoms with E-state index in [4.69, 9.17) is 9.26 Å². The molecular weight excluding hydrogens is 436 g/mol. The Bertz CT molecular complexity index is 1070. The van der Waals surface area contributed by atoms with E-state index in [2.05, 4.69) is 9.88 Å². The van der Waals surface area contributed by atoms with Crippen molar-refractivity contribution >= 4 is 22.0 Å². The number of aromatic nitrogens is 1. The number of hydrogen-bond donors (Lipinski definition) is 2. The number of carbonyl (C=O) groups is 1. The van der Waals surface area contributed by atoms with Crippen LogP contribution in [-0.2, 0) is 26.3 Å². The van der Waals surface area contributed by atoms with Crippen LogP contribution in [0.1, 0.15) is 31.1 Å². The Hall–Kier alpha value is -2.47. The molecule has 11 heteroatoms. The molecule has 1 aliphatic heterocycles. The van der Waals surface area contributed by atoms with Crippen molar-refractivity contribution in [1.82, 2.24) is 14.2 Å². The Morgan fingerprint density at radius 3 is 2.66 bits per heavy atom. The predicted molar refractivity (Wildman–Crippen MR) is 116 cm³/mol. The van der Waals surface area contributed by atoms with E-state index in [9.17, 15) is 18.3 Å². The molecule has 2 N–H and O–H groups in total. The van der Waals surface area contributed by atoms with Crippen molar-refractivity contribution in [3.05, 3.63) is 47.7 Å². The maximum atomic E-state index is 13.2. The number of hydrogen-bond acceptors (Lipinski definition) is 7. The highest BCUT2D eigenvalue weighted by Gasteiger charge is 2.70. The molecule has 4 atom stereocenters. The van der Waals surface area contributed by atoms with Crippen LogP contribution >= 0.6 is 0 Å². The number of methoxy groups -OCH3 is 1. The van der Waals surface area contributed by atoms with Crippen molar-refractivity contribution in [1.29, 1.82) is 0 Å². The van der Waals surface area contributed by atoms with Crippen LogP contribution in [0.4, 0.5) is 5.82 Å². The van der Waals surface area contributed by atoms with Gasteiger partial charge in [0.15, 0.2) is 11.6 Å². The van der Waals surface area contributed by atoms with E-state index in [1.54, 1.807) is 20.1 Å². The van der Waals surface area contributed by atoms with Crippen LogP contribution in [0, 0.1) is 5.92 Å². The average Bonchev–Trinajstić information content (AvgIpc) is 3.09. The quantitative estimate of drug-likeness (QED) is 0.601. The van der Waals surface area contributed by atoms with Gasteiger partial charge in [0, 0.05) is 44.8 Å². The molecule has 1 saturated carbocycles. The number of ether oxygens (including phenoxy) is 1. The number of carboxylic acid groups (broad SMARTS) is 1. The van der Waals surface area contributed by atoms with E-state index in [1.807, 2.05) is 42.2 Å². The Morgan fingerprint density at radius 2 is 2.03 bits per heavy atom. The SMILES string of the molecule is COCc1cc(N2CCN(S(=O)(=O)N[C@@]3(C(=O)O)[C@H](C)[C@@H]3c3ccccc3)C[C@H]2C)no1. The highest BCUT2D eigenvalue weighted by molar-refractivity contribution is 7.87. The first kappa shape index (κ1) is 22.7.